The van der Waals surface area contributed by atoms with Gasteiger partial charge in [0.1, 0.15) is 0 Å². The van der Waals surface area contributed by atoms with Crippen molar-refractivity contribution in [3.05, 3.63) is 35.4 Å². The fraction of sp³-hybridized carbons (Fsp3) is 0.647. The van der Waals surface area contributed by atoms with Crippen LogP contribution in [0.25, 0.3) is 0 Å². The normalized spacial score (nSPS) is 14.6. The second-order valence-electron chi connectivity index (χ2n) is 5.43. The molecule has 0 radical (unpaired) electrons. The molecule has 0 saturated heterocycles. The summed E-state index contributed by atoms with van der Waals surface area (Å²) in [6, 6.07) is 9.37. The molecule has 2 nitrogen and oxygen atoms in total. The molecule has 0 saturated carbocycles. The third kappa shape index (κ3) is 5.33. The highest BCUT2D eigenvalue weighted by atomic mass is 16.5. The summed E-state index contributed by atoms with van der Waals surface area (Å²) in [5, 5.41) is 3.53. The van der Waals surface area contributed by atoms with Gasteiger partial charge in [0.15, 0.2) is 0 Å². The van der Waals surface area contributed by atoms with Crippen LogP contribution >= 0.6 is 0 Å². The van der Waals surface area contributed by atoms with E-state index in [1.54, 1.807) is 0 Å². The molecule has 0 bridgehead atoms. The minimum Gasteiger partial charge on any atom is -0.377 e. The minimum atomic E-state index is 0.245. The monoisotopic (exact) mass is 263 g/mol. The molecule has 0 aromatic heterocycles. The second-order valence-corrected chi connectivity index (χ2v) is 5.43. The van der Waals surface area contributed by atoms with Crippen molar-refractivity contribution >= 4 is 0 Å². The lowest BCUT2D eigenvalue weighted by Gasteiger charge is -2.25. The molecule has 1 rings (SSSR count). The van der Waals surface area contributed by atoms with Crippen LogP contribution in [0, 0.1) is 0 Å². The first-order valence-electron chi connectivity index (χ1n) is 7.52. The third-order valence-electron chi connectivity index (χ3n) is 3.56. The molecule has 1 aromatic rings. The number of nitrogens with one attached hydrogen (secondary N) is 1. The number of likely N-dealkylation sites (N-methyl/N-ethyl adjacent to an activating group) is 1. The van der Waals surface area contributed by atoms with Crippen molar-refractivity contribution in [3.63, 3.8) is 0 Å². The van der Waals surface area contributed by atoms with E-state index in [1.165, 1.54) is 11.1 Å². The van der Waals surface area contributed by atoms with Gasteiger partial charge in [-0.1, -0.05) is 45.0 Å². The summed E-state index contributed by atoms with van der Waals surface area (Å²) >= 11 is 0. The third-order valence-corrected chi connectivity index (χ3v) is 3.56. The maximum atomic E-state index is 5.73. The molecular weight excluding hydrogens is 234 g/mol. The number of hydrogen-bond acceptors (Lipinski definition) is 2. The molecule has 19 heavy (non-hydrogen) atoms. The number of hydrogen-bond donors (Lipinski definition) is 1. The van der Waals surface area contributed by atoms with Crippen molar-refractivity contribution < 1.29 is 4.74 Å². The minimum absolute atomic E-state index is 0.245. The first kappa shape index (κ1) is 16.2. The summed E-state index contributed by atoms with van der Waals surface area (Å²) in [6.07, 6.45) is 1.27. The zero-order chi connectivity index (χ0) is 14.3. The Kier molecular flexibility index (Phi) is 7.11. The molecule has 0 aliphatic heterocycles. The summed E-state index contributed by atoms with van der Waals surface area (Å²) in [5.41, 5.74) is 2.78. The Labute approximate surface area is 118 Å². The fourth-order valence-corrected chi connectivity index (χ4v) is 2.34. The van der Waals surface area contributed by atoms with Gasteiger partial charge in [0.25, 0.3) is 0 Å². The van der Waals surface area contributed by atoms with Crippen LogP contribution in [0.15, 0.2) is 24.3 Å². The predicted molar refractivity (Wildman–Crippen MR) is 82.8 cm³/mol. The lowest BCUT2D eigenvalue weighted by Crippen LogP contribution is -2.41. The highest BCUT2D eigenvalue weighted by Gasteiger charge is 2.16. The van der Waals surface area contributed by atoms with Crippen molar-refractivity contribution in [2.45, 2.75) is 59.1 Å². The highest BCUT2D eigenvalue weighted by Crippen LogP contribution is 2.16. The lowest BCUT2D eigenvalue weighted by atomic mass is 9.97. The zero-order valence-electron chi connectivity index (χ0n) is 13.1. The molecule has 0 amide bonds. The van der Waals surface area contributed by atoms with E-state index < -0.39 is 0 Å². The smallest absolute Gasteiger partial charge is 0.0703 e. The van der Waals surface area contributed by atoms with Gasteiger partial charge < -0.3 is 10.1 Å². The standard InChI is InChI=1S/C17H29NO/c1-6-18-17(14(5)19-7-2)12-15-8-10-16(11-9-15)13(3)4/h8-11,13-14,17-18H,6-7,12H2,1-5H3. The molecule has 0 spiro atoms. The Morgan fingerprint density at radius 3 is 2.16 bits per heavy atom. The van der Waals surface area contributed by atoms with E-state index in [2.05, 4.69) is 64.2 Å². The van der Waals surface area contributed by atoms with Gasteiger partial charge in [0.2, 0.25) is 0 Å². The Morgan fingerprint density at radius 1 is 1.05 bits per heavy atom. The van der Waals surface area contributed by atoms with Crippen LogP contribution in [-0.4, -0.2) is 25.3 Å². The number of rotatable bonds is 8. The molecule has 108 valence electrons. The summed E-state index contributed by atoms with van der Waals surface area (Å²) in [5.74, 6) is 0.598. The van der Waals surface area contributed by atoms with E-state index in [1.807, 2.05) is 0 Å². The van der Waals surface area contributed by atoms with Crippen LogP contribution < -0.4 is 5.32 Å². The lowest BCUT2D eigenvalue weighted by molar-refractivity contribution is 0.0480. The van der Waals surface area contributed by atoms with Crippen molar-refractivity contribution in [1.82, 2.24) is 5.32 Å². The average molecular weight is 263 g/mol. The van der Waals surface area contributed by atoms with Gasteiger partial charge in [-0.3, -0.25) is 0 Å². The number of benzene rings is 1. The predicted octanol–water partition coefficient (Wildman–Crippen LogP) is 3.76. The van der Waals surface area contributed by atoms with E-state index in [9.17, 15) is 0 Å². The summed E-state index contributed by atoms with van der Waals surface area (Å²) in [4.78, 5) is 0. The Hall–Kier alpha value is -0.860. The van der Waals surface area contributed by atoms with Crippen LogP contribution in [-0.2, 0) is 11.2 Å². The molecule has 0 heterocycles. The summed E-state index contributed by atoms with van der Waals surface area (Å²) in [6.45, 7) is 12.6. The SMILES string of the molecule is CCNC(Cc1ccc(C(C)C)cc1)C(C)OCC. The van der Waals surface area contributed by atoms with Crippen molar-refractivity contribution in [1.29, 1.82) is 0 Å². The molecule has 1 N–H and O–H groups in total. The average Bonchev–Trinajstić information content (AvgIpc) is 2.39. The maximum Gasteiger partial charge on any atom is 0.0703 e. The van der Waals surface area contributed by atoms with Gasteiger partial charge in [0.05, 0.1) is 6.10 Å². The van der Waals surface area contributed by atoms with E-state index in [0.29, 0.717) is 12.0 Å². The highest BCUT2D eigenvalue weighted by molar-refractivity contribution is 5.25. The Bertz CT molecular complexity index is 345. The maximum absolute atomic E-state index is 5.73. The van der Waals surface area contributed by atoms with Crippen molar-refractivity contribution in [3.8, 4) is 0 Å². The zero-order valence-corrected chi connectivity index (χ0v) is 13.1. The van der Waals surface area contributed by atoms with E-state index >= 15 is 0 Å². The largest absolute Gasteiger partial charge is 0.377 e. The number of ether oxygens (including phenoxy) is 1. The molecule has 2 heteroatoms. The van der Waals surface area contributed by atoms with Crippen LogP contribution in [0.2, 0.25) is 0 Å². The molecule has 0 fully saturated rings. The first-order chi connectivity index (χ1) is 9.08. The molecule has 2 atom stereocenters. The van der Waals surface area contributed by atoms with Crippen molar-refractivity contribution in [2.24, 2.45) is 0 Å². The van der Waals surface area contributed by atoms with E-state index in [0.717, 1.165) is 19.6 Å². The van der Waals surface area contributed by atoms with Gasteiger partial charge in [-0.15, -0.1) is 0 Å². The first-order valence-corrected chi connectivity index (χ1v) is 7.52. The quantitative estimate of drug-likeness (QED) is 0.771. The van der Waals surface area contributed by atoms with Crippen LogP contribution in [0.5, 0.6) is 0 Å². The van der Waals surface area contributed by atoms with Gasteiger partial charge >= 0.3 is 0 Å². The van der Waals surface area contributed by atoms with Gasteiger partial charge in [-0.05, 0) is 43.9 Å². The topological polar surface area (TPSA) is 21.3 Å². The van der Waals surface area contributed by atoms with Crippen molar-refractivity contribution in [2.75, 3.05) is 13.2 Å². The Balaban J connectivity index is 2.67. The second kappa shape index (κ2) is 8.34. The molecular formula is C17H29NO. The van der Waals surface area contributed by atoms with Crippen LogP contribution in [0.4, 0.5) is 0 Å². The van der Waals surface area contributed by atoms with Crippen LogP contribution in [0.3, 0.4) is 0 Å². The summed E-state index contributed by atoms with van der Waals surface area (Å²) in [7, 11) is 0. The molecule has 0 aliphatic rings. The molecule has 1 aromatic carbocycles. The molecule has 0 aliphatic carbocycles. The van der Waals surface area contributed by atoms with E-state index in [-0.39, 0.29) is 6.10 Å². The van der Waals surface area contributed by atoms with Crippen LogP contribution in [0.1, 0.15) is 51.7 Å². The van der Waals surface area contributed by atoms with Gasteiger partial charge in [-0.2, -0.15) is 0 Å². The summed E-state index contributed by atoms with van der Waals surface area (Å²) < 4.78 is 5.73. The fourth-order valence-electron chi connectivity index (χ4n) is 2.34. The van der Waals surface area contributed by atoms with E-state index in [4.69, 9.17) is 4.74 Å². The van der Waals surface area contributed by atoms with Gasteiger partial charge in [-0.25, -0.2) is 0 Å². The van der Waals surface area contributed by atoms with Gasteiger partial charge in [0, 0.05) is 12.6 Å². The Morgan fingerprint density at radius 2 is 1.68 bits per heavy atom. The molecule has 2 unspecified atom stereocenters.